The molecule has 1 aliphatic heterocycles. The SMILES string of the molecule is CCN1CCN(C2=CC[C@@H](Nc3ncc(CCc4cc(C(=O)NC)cc(OC)c4F)cn3)C=C2)CC1. The molecule has 1 aromatic heterocycles. The Hall–Kier alpha value is -3.46. The molecule has 9 heteroatoms. The zero-order chi connectivity index (χ0) is 25.5. The molecule has 1 atom stereocenters. The maximum Gasteiger partial charge on any atom is 0.251 e. The summed E-state index contributed by atoms with van der Waals surface area (Å²) in [7, 11) is 2.93. The summed E-state index contributed by atoms with van der Waals surface area (Å²) in [5.41, 5.74) is 2.96. The van der Waals surface area contributed by atoms with Gasteiger partial charge in [0, 0.05) is 56.9 Å². The highest BCUT2D eigenvalue weighted by Crippen LogP contribution is 2.24. The van der Waals surface area contributed by atoms with Gasteiger partial charge < -0.3 is 25.2 Å². The fourth-order valence-electron chi connectivity index (χ4n) is 4.54. The number of nitrogens with zero attached hydrogens (tertiary/aromatic N) is 4. The van der Waals surface area contributed by atoms with Gasteiger partial charge in [-0.25, -0.2) is 14.4 Å². The number of hydrogen-bond donors (Lipinski definition) is 2. The molecule has 4 rings (SSSR count). The molecule has 1 amide bonds. The third-order valence-electron chi connectivity index (χ3n) is 6.79. The van der Waals surface area contributed by atoms with Crippen molar-refractivity contribution in [3.8, 4) is 5.75 Å². The van der Waals surface area contributed by atoms with Gasteiger partial charge in [-0.3, -0.25) is 4.79 Å². The predicted molar refractivity (Wildman–Crippen MR) is 139 cm³/mol. The number of carbonyl (C=O) groups is 1. The number of allylic oxidation sites excluding steroid dienone is 1. The van der Waals surface area contributed by atoms with Gasteiger partial charge in [-0.1, -0.05) is 19.1 Å². The van der Waals surface area contributed by atoms with Crippen LogP contribution < -0.4 is 15.4 Å². The normalized spacial score (nSPS) is 18.1. The highest BCUT2D eigenvalue weighted by Gasteiger charge is 2.19. The molecule has 0 spiro atoms. The molecule has 0 bridgehead atoms. The molecule has 2 aliphatic rings. The van der Waals surface area contributed by atoms with Gasteiger partial charge in [-0.05, 0) is 55.1 Å². The van der Waals surface area contributed by atoms with E-state index < -0.39 is 5.82 Å². The van der Waals surface area contributed by atoms with Crippen LogP contribution in [0.1, 0.15) is 34.8 Å². The predicted octanol–water partition coefficient (Wildman–Crippen LogP) is 3.03. The average Bonchev–Trinajstić information content (AvgIpc) is 2.93. The summed E-state index contributed by atoms with van der Waals surface area (Å²) in [5.74, 6) is -0.113. The Morgan fingerprint density at radius 1 is 1.17 bits per heavy atom. The van der Waals surface area contributed by atoms with Crippen molar-refractivity contribution < 1.29 is 13.9 Å². The van der Waals surface area contributed by atoms with Crippen LogP contribution in [0.15, 0.2) is 48.5 Å². The van der Waals surface area contributed by atoms with Crippen molar-refractivity contribution in [2.24, 2.45) is 0 Å². The number of carbonyl (C=O) groups excluding carboxylic acids is 1. The summed E-state index contributed by atoms with van der Waals surface area (Å²) in [6.07, 6.45) is 12.0. The van der Waals surface area contributed by atoms with E-state index in [0.29, 0.717) is 29.9 Å². The van der Waals surface area contributed by atoms with E-state index in [4.69, 9.17) is 4.74 Å². The highest BCUT2D eigenvalue weighted by atomic mass is 19.1. The molecule has 1 saturated heterocycles. The van der Waals surface area contributed by atoms with Gasteiger partial charge in [-0.2, -0.15) is 0 Å². The van der Waals surface area contributed by atoms with Gasteiger partial charge in [0.25, 0.3) is 5.91 Å². The van der Waals surface area contributed by atoms with E-state index in [1.807, 2.05) is 0 Å². The topological polar surface area (TPSA) is 82.6 Å². The van der Waals surface area contributed by atoms with Crippen LogP contribution in [0.5, 0.6) is 5.75 Å². The second kappa shape index (κ2) is 12.0. The Bertz CT molecular complexity index is 1110. The molecule has 0 saturated carbocycles. The lowest BCUT2D eigenvalue weighted by Gasteiger charge is -2.37. The standard InChI is InChI=1S/C27H35FN6O2/c1-4-33-11-13-34(14-12-33)23-9-7-22(8-10-23)32-27-30-17-19(18-31-27)5-6-20-15-21(26(35)29-2)16-24(36-3)25(20)28/h7,9-10,15-18,22H,4-6,8,11-14H2,1-3H3,(H,29,35)(H,30,31,32)/t22-/m0/s1. The van der Waals surface area contributed by atoms with E-state index in [0.717, 1.165) is 44.7 Å². The molecule has 1 aromatic carbocycles. The lowest BCUT2D eigenvalue weighted by atomic mass is 10.0. The van der Waals surface area contributed by atoms with Gasteiger partial charge in [0.05, 0.1) is 13.2 Å². The van der Waals surface area contributed by atoms with Crippen molar-refractivity contribution in [2.45, 2.75) is 32.2 Å². The number of aryl methyl sites for hydroxylation is 2. The maximum absolute atomic E-state index is 14.7. The first kappa shape index (κ1) is 25.6. The monoisotopic (exact) mass is 494 g/mol. The van der Waals surface area contributed by atoms with Gasteiger partial charge in [0.1, 0.15) is 0 Å². The first-order valence-corrected chi connectivity index (χ1v) is 12.5. The number of rotatable bonds is 9. The Labute approximate surface area is 212 Å². The van der Waals surface area contributed by atoms with Crippen LogP contribution in [0, 0.1) is 5.82 Å². The maximum atomic E-state index is 14.7. The summed E-state index contributed by atoms with van der Waals surface area (Å²) in [4.78, 5) is 25.8. The van der Waals surface area contributed by atoms with Crippen LogP contribution in [0.2, 0.25) is 0 Å². The number of benzene rings is 1. The summed E-state index contributed by atoms with van der Waals surface area (Å²) in [5, 5.41) is 5.93. The number of aromatic nitrogens is 2. The molecule has 36 heavy (non-hydrogen) atoms. The zero-order valence-electron chi connectivity index (χ0n) is 21.3. The molecule has 2 N–H and O–H groups in total. The van der Waals surface area contributed by atoms with E-state index in [9.17, 15) is 9.18 Å². The first-order chi connectivity index (χ1) is 17.5. The molecule has 192 valence electrons. The molecule has 2 aromatic rings. The second-order valence-electron chi connectivity index (χ2n) is 9.04. The second-order valence-corrected chi connectivity index (χ2v) is 9.04. The van der Waals surface area contributed by atoms with Gasteiger partial charge >= 0.3 is 0 Å². The molecule has 0 unspecified atom stereocenters. The zero-order valence-corrected chi connectivity index (χ0v) is 21.3. The summed E-state index contributed by atoms with van der Waals surface area (Å²) >= 11 is 0. The van der Waals surface area contributed by atoms with Crippen molar-refractivity contribution in [3.05, 3.63) is 71.0 Å². The number of ether oxygens (including phenoxy) is 1. The van der Waals surface area contributed by atoms with Crippen molar-refractivity contribution in [2.75, 3.05) is 52.2 Å². The number of hydrogen-bond acceptors (Lipinski definition) is 7. The van der Waals surface area contributed by atoms with Gasteiger partial charge in [0.2, 0.25) is 5.95 Å². The Kier molecular flexibility index (Phi) is 8.53. The van der Waals surface area contributed by atoms with Crippen LogP contribution in [-0.2, 0) is 12.8 Å². The Morgan fingerprint density at radius 3 is 2.53 bits per heavy atom. The molecule has 0 radical (unpaired) electrons. The largest absolute Gasteiger partial charge is 0.494 e. The number of nitrogens with one attached hydrogen (secondary N) is 2. The lowest BCUT2D eigenvalue weighted by molar-refractivity contribution is 0.0962. The lowest BCUT2D eigenvalue weighted by Crippen LogP contribution is -2.45. The number of methoxy groups -OCH3 is 1. The van der Waals surface area contributed by atoms with E-state index in [2.05, 4.69) is 55.6 Å². The van der Waals surface area contributed by atoms with Crippen LogP contribution in [0.3, 0.4) is 0 Å². The van der Waals surface area contributed by atoms with E-state index in [1.165, 1.54) is 25.9 Å². The third kappa shape index (κ3) is 6.20. The number of halogens is 1. The molecule has 8 nitrogen and oxygen atoms in total. The summed E-state index contributed by atoms with van der Waals surface area (Å²) in [6, 6.07) is 3.12. The van der Waals surface area contributed by atoms with E-state index in [1.54, 1.807) is 18.5 Å². The Morgan fingerprint density at radius 2 is 1.92 bits per heavy atom. The highest BCUT2D eigenvalue weighted by molar-refractivity contribution is 5.94. The van der Waals surface area contributed by atoms with Crippen molar-refractivity contribution >= 4 is 11.9 Å². The fraction of sp³-hybridized carbons (Fsp3) is 0.444. The number of amides is 1. The molecule has 1 fully saturated rings. The minimum atomic E-state index is -0.451. The molecular formula is C27H35FN6O2. The molecule has 2 heterocycles. The number of piperazine rings is 1. The summed E-state index contributed by atoms with van der Waals surface area (Å²) < 4.78 is 19.8. The van der Waals surface area contributed by atoms with Crippen molar-refractivity contribution in [1.29, 1.82) is 0 Å². The van der Waals surface area contributed by atoms with Crippen LogP contribution >= 0.6 is 0 Å². The minimum Gasteiger partial charge on any atom is -0.494 e. The molecular weight excluding hydrogens is 459 g/mol. The summed E-state index contributed by atoms with van der Waals surface area (Å²) in [6.45, 7) is 7.69. The van der Waals surface area contributed by atoms with E-state index >= 15 is 0 Å². The van der Waals surface area contributed by atoms with Gasteiger partial charge in [-0.15, -0.1) is 0 Å². The molecule has 1 aliphatic carbocycles. The number of anilines is 1. The average molecular weight is 495 g/mol. The van der Waals surface area contributed by atoms with Crippen molar-refractivity contribution in [1.82, 2.24) is 25.1 Å². The van der Waals surface area contributed by atoms with Crippen LogP contribution in [-0.4, -0.2) is 78.6 Å². The minimum absolute atomic E-state index is 0.0582. The van der Waals surface area contributed by atoms with Crippen LogP contribution in [0.4, 0.5) is 10.3 Å². The van der Waals surface area contributed by atoms with Crippen molar-refractivity contribution in [3.63, 3.8) is 0 Å². The quantitative estimate of drug-likeness (QED) is 0.555. The number of likely N-dealkylation sites (N-methyl/N-ethyl adjacent to an activating group) is 1. The van der Waals surface area contributed by atoms with Gasteiger partial charge in [0.15, 0.2) is 11.6 Å². The third-order valence-corrected chi connectivity index (χ3v) is 6.79. The van der Waals surface area contributed by atoms with E-state index in [-0.39, 0.29) is 17.7 Å². The smallest absolute Gasteiger partial charge is 0.251 e. The Balaban J connectivity index is 1.30. The fourth-order valence-corrected chi connectivity index (χ4v) is 4.54. The first-order valence-electron chi connectivity index (χ1n) is 12.5. The van der Waals surface area contributed by atoms with Crippen LogP contribution in [0.25, 0.3) is 0 Å².